The molecule has 0 amide bonds. The Morgan fingerprint density at radius 1 is 0.293 bits per heavy atom. The normalized spacial score (nSPS) is 10.3. The number of H-pyrrole nitrogens is 7. The number of aryl methyl sites for hydroxylation is 1. The molecule has 7 N–H and O–H groups in total. The first kappa shape index (κ1) is 86.8. The van der Waals surface area contributed by atoms with Gasteiger partial charge in [0.15, 0.2) is 5.75 Å². The smallest absolute Gasteiger partial charge is 0.340 e. The number of nitrogens with one attached hydrogen (secondary N) is 7. The highest BCUT2D eigenvalue weighted by Gasteiger charge is 2.16. The van der Waals surface area contributed by atoms with Crippen molar-refractivity contribution in [2.75, 3.05) is 26.4 Å². The fraction of sp³-hybridized carbons (Fsp3) is 0.161. The quantitative estimate of drug-likeness (QED) is 0.0103. The van der Waals surface area contributed by atoms with Gasteiger partial charge in [-0.05, 0) is 151 Å². The van der Waals surface area contributed by atoms with E-state index in [2.05, 4.69) is 99.1 Å². The molecule has 7 aromatic heterocycles. The lowest BCUT2D eigenvalue weighted by Crippen LogP contribution is -2.14. The molecule has 0 saturated heterocycles. The zero-order valence-electron chi connectivity index (χ0n) is 65.8. The third-order valence-corrected chi connectivity index (χ3v) is 16.9. The Kier molecular flexibility index (Phi) is 32.3. The van der Waals surface area contributed by atoms with Gasteiger partial charge in [-0.2, -0.15) is 0 Å². The van der Waals surface area contributed by atoms with Crippen LogP contribution in [0.4, 0.5) is 0 Å². The number of aromatic nitrogens is 7. The summed E-state index contributed by atoms with van der Waals surface area (Å²) in [5, 5.41) is 7.11. The number of benzene rings is 7. The summed E-state index contributed by atoms with van der Waals surface area (Å²) >= 11 is 0. The van der Waals surface area contributed by atoms with E-state index in [9.17, 15) is 38.4 Å². The van der Waals surface area contributed by atoms with Crippen LogP contribution in [0, 0.1) is 0 Å². The SMILES string of the molecule is C=C(C)C(=O)OCCCc1c[nH]c2ccccc12.C=C(C)C(=O)OCCOC(=O)c1c[nH]c2ccccc12.C=C(C)C(=O)OCCc1c[nH]c2ccccc12.C=C(C)C(=O)OCc1c[nH]c2ccccc12.C=C(C)C(=O)Oc1c[nH]c2ccccc12.C=C(C)C(=O)Oc1ccc2[nH]ccc2c1.C=C(C)C(=O)Oc1cccc2[nH]ccc12. The first-order chi connectivity index (χ1) is 55.7. The van der Waals surface area contributed by atoms with Crippen LogP contribution in [0.15, 0.2) is 298 Å². The number of fused-ring (bicyclic) bond motifs is 7. The van der Waals surface area contributed by atoms with Gasteiger partial charge in [-0.15, -0.1) is 0 Å². The van der Waals surface area contributed by atoms with Gasteiger partial charge in [-0.1, -0.05) is 137 Å². The van der Waals surface area contributed by atoms with Gasteiger partial charge < -0.3 is 72.8 Å². The molecule has 0 spiro atoms. The molecule has 14 aromatic rings. The van der Waals surface area contributed by atoms with Crippen molar-refractivity contribution >= 4 is 124 Å². The van der Waals surface area contributed by atoms with Crippen molar-refractivity contribution in [3.63, 3.8) is 0 Å². The van der Waals surface area contributed by atoms with Crippen molar-refractivity contribution in [3.05, 3.63) is 321 Å². The van der Waals surface area contributed by atoms with Gasteiger partial charge in [0.05, 0.1) is 18.8 Å². The molecule has 7 heterocycles. The molecule has 23 heteroatoms. The minimum atomic E-state index is -0.492. The fourth-order valence-electron chi connectivity index (χ4n) is 10.8. The van der Waals surface area contributed by atoms with Crippen molar-refractivity contribution in [1.82, 2.24) is 34.9 Å². The number of rotatable bonds is 23. The number of aromatic amines is 7. The van der Waals surface area contributed by atoms with Crippen LogP contribution in [0.3, 0.4) is 0 Å². The standard InChI is InChI=1S/C15H15NO4.C15H17NO2.C14H15NO2.C13H13NO2.3C12H11NO2/c1-10(2)14(17)19-7-8-20-15(18)12-9-16-13-6-4-3-5-11(12)13;1-11(2)15(17)18-9-5-6-12-10-16-14-8-4-3-7-13(12)14;1-10(2)14(16)17-8-7-11-9-15-13-6-4-3-5-12(11)13;1-9(2)13(15)16-8-10-7-14-12-6-4-3-5-11(10)12;1-8(2)12(14)15-10-3-4-11-9(7-10)5-6-13-11;1-8(2)12(14)15-11-5-3-4-10-9(11)6-7-13-10;1-8(2)12(14)15-11-7-13-10-6-4-3-5-9(10)11/h3-6,9,16H,1,7-8H2,2H3;3-4,7-8,10,16H,1,5-6,9H2,2H3;3-6,9,15H,1,7-8H2,2H3;3-7,14H,1,8H2,2H3;3*3-7,13H,1H2,2H3. The Hall–Kier alpha value is -14.7. The maximum atomic E-state index is 11.9. The zero-order valence-corrected chi connectivity index (χ0v) is 65.8. The Morgan fingerprint density at radius 3 is 1.22 bits per heavy atom. The monoisotopic (exact) mass is 1560 g/mol. The number of ether oxygens (including phenoxy) is 8. The van der Waals surface area contributed by atoms with Gasteiger partial charge in [0.1, 0.15) is 31.3 Å². The Balaban J connectivity index is 0.000000169. The van der Waals surface area contributed by atoms with Gasteiger partial charge in [0.25, 0.3) is 0 Å². The average Bonchev–Trinajstić information content (AvgIpc) is 1.63. The second-order valence-electron chi connectivity index (χ2n) is 26.6. The Labute approximate surface area is 670 Å². The first-order valence-electron chi connectivity index (χ1n) is 36.7. The molecular formula is C93H93N7O16. The van der Waals surface area contributed by atoms with Crippen molar-refractivity contribution in [2.24, 2.45) is 0 Å². The van der Waals surface area contributed by atoms with Gasteiger partial charge in [0, 0.05) is 171 Å². The van der Waals surface area contributed by atoms with Crippen LogP contribution in [-0.2, 0) is 76.7 Å². The van der Waals surface area contributed by atoms with Crippen LogP contribution in [0.1, 0.15) is 81.9 Å². The molecule has 116 heavy (non-hydrogen) atoms. The second kappa shape index (κ2) is 43.2. The summed E-state index contributed by atoms with van der Waals surface area (Å²) in [7, 11) is 0. The van der Waals surface area contributed by atoms with Gasteiger partial charge in [0.2, 0.25) is 0 Å². The molecule has 0 aliphatic carbocycles. The lowest BCUT2D eigenvalue weighted by atomic mass is 10.1. The highest BCUT2D eigenvalue weighted by atomic mass is 16.6. The van der Waals surface area contributed by atoms with Crippen molar-refractivity contribution in [2.45, 2.75) is 74.3 Å². The molecule has 0 fully saturated rings. The van der Waals surface area contributed by atoms with E-state index in [0.29, 0.717) is 81.5 Å². The molecule has 0 unspecified atom stereocenters. The summed E-state index contributed by atoms with van der Waals surface area (Å²) in [5.74, 6) is -1.50. The van der Waals surface area contributed by atoms with Crippen molar-refractivity contribution < 1.29 is 76.3 Å². The maximum absolute atomic E-state index is 11.9. The van der Waals surface area contributed by atoms with E-state index in [0.717, 1.165) is 89.5 Å². The number of carbonyl (C=O) groups is 8. The van der Waals surface area contributed by atoms with Crippen molar-refractivity contribution in [3.8, 4) is 17.2 Å². The molecule has 596 valence electrons. The summed E-state index contributed by atoms with van der Waals surface area (Å²) < 4.78 is 40.6. The number of para-hydroxylation sites is 5. The van der Waals surface area contributed by atoms with E-state index in [1.807, 2.05) is 171 Å². The molecule has 0 atom stereocenters. The van der Waals surface area contributed by atoms with Crippen LogP contribution in [0.2, 0.25) is 0 Å². The van der Waals surface area contributed by atoms with E-state index in [1.54, 1.807) is 73.0 Å². The molecule has 0 aliphatic heterocycles. The molecule has 23 nitrogen and oxygen atoms in total. The minimum Gasteiger partial charge on any atom is -0.462 e. The van der Waals surface area contributed by atoms with Gasteiger partial charge in [-0.25, -0.2) is 38.4 Å². The molecular weight excluding hydrogens is 1470 g/mol. The number of hydrogen-bond acceptors (Lipinski definition) is 16. The molecule has 7 aromatic carbocycles. The predicted molar refractivity (Wildman–Crippen MR) is 454 cm³/mol. The molecule has 0 bridgehead atoms. The second-order valence-corrected chi connectivity index (χ2v) is 26.6. The third kappa shape index (κ3) is 25.7. The third-order valence-electron chi connectivity index (χ3n) is 16.9. The van der Waals surface area contributed by atoms with Crippen LogP contribution in [0.5, 0.6) is 17.2 Å². The molecule has 0 aliphatic rings. The topological polar surface area (TPSA) is 321 Å². The minimum absolute atomic E-state index is 0.0113. The van der Waals surface area contributed by atoms with Crippen LogP contribution in [-0.4, -0.2) is 109 Å². The van der Waals surface area contributed by atoms with E-state index in [1.165, 1.54) is 16.3 Å². The van der Waals surface area contributed by atoms with E-state index < -0.39 is 29.8 Å². The summed E-state index contributed by atoms with van der Waals surface area (Å²) in [6.45, 7) is 37.1. The predicted octanol–water partition coefficient (Wildman–Crippen LogP) is 19.2. The van der Waals surface area contributed by atoms with E-state index in [-0.39, 0.29) is 37.7 Å². The van der Waals surface area contributed by atoms with Gasteiger partial charge >= 0.3 is 47.8 Å². The Morgan fingerprint density at radius 2 is 0.672 bits per heavy atom. The number of esters is 8. The van der Waals surface area contributed by atoms with Crippen molar-refractivity contribution in [1.29, 1.82) is 0 Å². The summed E-state index contributed by atoms with van der Waals surface area (Å²) in [6.07, 6.45) is 15.2. The number of hydrogen-bond donors (Lipinski definition) is 7. The maximum Gasteiger partial charge on any atom is 0.340 e. The average molecular weight is 1560 g/mol. The molecule has 0 saturated carbocycles. The fourth-order valence-corrected chi connectivity index (χ4v) is 10.8. The highest BCUT2D eigenvalue weighted by molar-refractivity contribution is 6.04. The van der Waals surface area contributed by atoms with Crippen LogP contribution < -0.4 is 14.2 Å². The largest absolute Gasteiger partial charge is 0.462 e. The molecule has 0 radical (unpaired) electrons. The first-order valence-corrected chi connectivity index (χ1v) is 36.7. The van der Waals surface area contributed by atoms with Gasteiger partial charge in [-0.3, -0.25) is 0 Å². The summed E-state index contributed by atoms with van der Waals surface area (Å²) in [5.41, 5.74) is 13.7. The zero-order chi connectivity index (χ0) is 83.8. The van der Waals surface area contributed by atoms with Crippen LogP contribution >= 0.6 is 0 Å². The highest BCUT2D eigenvalue weighted by Crippen LogP contribution is 2.28. The lowest BCUT2D eigenvalue weighted by molar-refractivity contribution is -0.140. The van der Waals surface area contributed by atoms with E-state index >= 15 is 0 Å². The molecule has 14 rings (SSSR count). The number of carbonyl (C=O) groups excluding carboxylic acids is 8. The Bertz CT molecular complexity index is 5900. The van der Waals surface area contributed by atoms with Crippen LogP contribution in [0.25, 0.3) is 76.3 Å². The summed E-state index contributed by atoms with van der Waals surface area (Å²) in [4.78, 5) is 112. The van der Waals surface area contributed by atoms with E-state index in [4.69, 9.17) is 37.9 Å². The summed E-state index contributed by atoms with van der Waals surface area (Å²) in [6, 6.07) is 54.0. The lowest BCUT2D eigenvalue weighted by Gasteiger charge is -2.05.